The Bertz CT molecular complexity index is 969. The highest BCUT2D eigenvalue weighted by Gasteiger charge is 2.39. The minimum atomic E-state index is -0.816. The molecule has 0 amide bonds. The predicted octanol–water partition coefficient (Wildman–Crippen LogP) is 4.06. The average molecular weight is 433 g/mol. The molecule has 2 heterocycles. The van der Waals surface area contributed by atoms with Crippen molar-refractivity contribution in [2.24, 2.45) is 0 Å². The fourth-order valence-corrected chi connectivity index (χ4v) is 4.17. The molecule has 0 aromatic heterocycles. The number of hydrogen-bond donors (Lipinski definition) is 1. The van der Waals surface area contributed by atoms with Crippen LogP contribution in [0.4, 0.5) is 10.1 Å². The van der Waals surface area contributed by atoms with Crippen molar-refractivity contribution >= 4 is 29.6 Å². The standard InChI is InChI=1S/C23H25FN2O3.ClH/c1-25(2)20-8-7-16(13-19(20)24)18-14-23(29-21-6-4-3-5-17(18)21)9-11-26(12-10-23)15-22(27)28;/h3-8,13-14H,9-12,15H2,1-2H3,(H,27,28);1H. The van der Waals surface area contributed by atoms with Gasteiger partial charge in [-0.15, -0.1) is 12.4 Å². The third kappa shape index (κ3) is 4.30. The Morgan fingerprint density at radius 2 is 1.90 bits per heavy atom. The van der Waals surface area contributed by atoms with Crippen LogP contribution in [0.25, 0.3) is 5.57 Å². The summed E-state index contributed by atoms with van der Waals surface area (Å²) < 4.78 is 21.1. The first-order chi connectivity index (χ1) is 13.9. The van der Waals surface area contributed by atoms with Gasteiger partial charge in [0.25, 0.3) is 0 Å². The third-order valence-corrected chi connectivity index (χ3v) is 5.70. The molecule has 2 aromatic carbocycles. The van der Waals surface area contributed by atoms with Crippen LogP contribution in [0.5, 0.6) is 5.75 Å². The van der Waals surface area contributed by atoms with Gasteiger partial charge in [0.1, 0.15) is 17.2 Å². The second kappa shape index (κ2) is 8.66. The van der Waals surface area contributed by atoms with Gasteiger partial charge < -0.3 is 14.7 Å². The molecule has 2 aromatic rings. The number of hydrogen-bond acceptors (Lipinski definition) is 4. The number of halogens is 2. The molecule has 0 unspecified atom stereocenters. The molecule has 0 aliphatic carbocycles. The zero-order valence-electron chi connectivity index (χ0n) is 17.1. The van der Waals surface area contributed by atoms with Gasteiger partial charge >= 0.3 is 5.97 Å². The lowest BCUT2D eigenvalue weighted by Gasteiger charge is -2.42. The van der Waals surface area contributed by atoms with E-state index in [0.29, 0.717) is 31.6 Å². The van der Waals surface area contributed by atoms with E-state index in [1.807, 2.05) is 49.3 Å². The average Bonchev–Trinajstić information content (AvgIpc) is 2.68. The van der Waals surface area contributed by atoms with Gasteiger partial charge in [-0.2, -0.15) is 0 Å². The van der Waals surface area contributed by atoms with Gasteiger partial charge in [-0.05, 0) is 35.4 Å². The molecule has 1 N–H and O–H groups in total. The second-order valence-corrected chi connectivity index (χ2v) is 7.95. The Morgan fingerprint density at radius 3 is 2.53 bits per heavy atom. The van der Waals surface area contributed by atoms with E-state index in [1.165, 1.54) is 0 Å². The van der Waals surface area contributed by atoms with Gasteiger partial charge in [0.15, 0.2) is 0 Å². The van der Waals surface area contributed by atoms with Crippen LogP contribution in [0, 0.1) is 5.82 Å². The lowest BCUT2D eigenvalue weighted by molar-refractivity contribution is -0.139. The van der Waals surface area contributed by atoms with Crippen molar-refractivity contribution in [3.8, 4) is 5.75 Å². The number of carboxylic acids is 1. The smallest absolute Gasteiger partial charge is 0.317 e. The number of benzene rings is 2. The number of aliphatic carboxylic acids is 1. The molecule has 160 valence electrons. The fraction of sp³-hybridized carbons (Fsp3) is 0.348. The van der Waals surface area contributed by atoms with E-state index >= 15 is 0 Å². The summed E-state index contributed by atoms with van der Waals surface area (Å²) in [5.41, 5.74) is 2.77. The zero-order valence-corrected chi connectivity index (χ0v) is 17.9. The molecule has 7 heteroatoms. The molecule has 2 aliphatic heterocycles. The molecular weight excluding hydrogens is 407 g/mol. The lowest BCUT2D eigenvalue weighted by atomic mass is 9.83. The number of rotatable bonds is 4. The third-order valence-electron chi connectivity index (χ3n) is 5.70. The van der Waals surface area contributed by atoms with Crippen LogP contribution >= 0.6 is 12.4 Å². The minimum absolute atomic E-state index is 0. The van der Waals surface area contributed by atoms with Crippen LogP contribution in [-0.4, -0.2) is 55.3 Å². The highest BCUT2D eigenvalue weighted by atomic mass is 35.5. The second-order valence-electron chi connectivity index (χ2n) is 7.95. The Morgan fingerprint density at radius 1 is 1.20 bits per heavy atom. The SMILES string of the molecule is CN(C)c1ccc(C2=CC3(CCN(CC(=O)O)CC3)Oc3ccccc32)cc1F.Cl. The van der Waals surface area contributed by atoms with E-state index < -0.39 is 11.6 Å². The Labute approximate surface area is 182 Å². The van der Waals surface area contributed by atoms with Crippen molar-refractivity contribution in [1.82, 2.24) is 4.90 Å². The number of anilines is 1. The molecule has 0 saturated carbocycles. The lowest BCUT2D eigenvalue weighted by Crippen LogP contribution is -2.49. The van der Waals surface area contributed by atoms with Crippen LogP contribution in [0.15, 0.2) is 48.5 Å². The molecule has 1 fully saturated rings. The summed E-state index contributed by atoms with van der Waals surface area (Å²) in [4.78, 5) is 14.7. The molecular formula is C23H26ClFN2O3. The zero-order chi connectivity index (χ0) is 20.6. The summed E-state index contributed by atoms with van der Waals surface area (Å²) in [5.74, 6) is -0.292. The van der Waals surface area contributed by atoms with E-state index in [0.717, 1.165) is 22.4 Å². The van der Waals surface area contributed by atoms with Crippen LogP contribution < -0.4 is 9.64 Å². The summed E-state index contributed by atoms with van der Waals surface area (Å²) in [6.45, 7) is 1.33. The highest BCUT2D eigenvalue weighted by Crippen LogP contribution is 2.43. The number of fused-ring (bicyclic) bond motifs is 1. The predicted molar refractivity (Wildman–Crippen MR) is 118 cm³/mol. The van der Waals surface area contributed by atoms with E-state index in [1.54, 1.807) is 17.0 Å². The fourth-order valence-electron chi connectivity index (χ4n) is 4.17. The first-order valence-corrected chi connectivity index (χ1v) is 9.80. The van der Waals surface area contributed by atoms with Crippen molar-refractivity contribution in [2.45, 2.75) is 18.4 Å². The van der Waals surface area contributed by atoms with Gasteiger partial charge in [0.05, 0.1) is 12.2 Å². The van der Waals surface area contributed by atoms with E-state index in [-0.39, 0.29) is 24.8 Å². The Hall–Kier alpha value is -2.57. The molecule has 1 saturated heterocycles. The quantitative estimate of drug-likeness (QED) is 0.789. The molecule has 2 aliphatic rings. The molecule has 0 bridgehead atoms. The summed E-state index contributed by atoms with van der Waals surface area (Å²) in [6.07, 6.45) is 3.49. The van der Waals surface area contributed by atoms with Crippen molar-refractivity contribution in [3.63, 3.8) is 0 Å². The summed E-state index contributed by atoms with van der Waals surface area (Å²) in [7, 11) is 3.64. The van der Waals surface area contributed by atoms with E-state index in [9.17, 15) is 9.18 Å². The van der Waals surface area contributed by atoms with Crippen molar-refractivity contribution in [1.29, 1.82) is 0 Å². The Balaban J connectivity index is 0.00000256. The maximum absolute atomic E-state index is 14.7. The molecule has 5 nitrogen and oxygen atoms in total. The maximum Gasteiger partial charge on any atom is 0.317 e. The normalized spacial score (nSPS) is 17.4. The number of ether oxygens (including phenoxy) is 1. The van der Waals surface area contributed by atoms with Crippen molar-refractivity contribution < 1.29 is 19.0 Å². The summed E-state index contributed by atoms with van der Waals surface area (Å²) in [6, 6.07) is 13.1. The van der Waals surface area contributed by atoms with Crippen LogP contribution in [0.3, 0.4) is 0 Å². The number of carbonyl (C=O) groups is 1. The van der Waals surface area contributed by atoms with Gasteiger partial charge in [0, 0.05) is 45.6 Å². The molecule has 30 heavy (non-hydrogen) atoms. The van der Waals surface area contributed by atoms with Crippen molar-refractivity contribution in [2.75, 3.05) is 38.6 Å². The first kappa shape index (κ1) is 22.1. The van der Waals surface area contributed by atoms with Crippen molar-refractivity contribution in [3.05, 3.63) is 65.5 Å². The molecule has 0 radical (unpaired) electrons. The van der Waals surface area contributed by atoms with Crippen LogP contribution in [0.2, 0.25) is 0 Å². The molecule has 4 rings (SSSR count). The number of piperidine rings is 1. The Kier molecular flexibility index (Phi) is 6.38. The largest absolute Gasteiger partial charge is 0.482 e. The number of carboxylic acid groups (broad SMARTS) is 1. The van der Waals surface area contributed by atoms with Gasteiger partial charge in [-0.3, -0.25) is 9.69 Å². The first-order valence-electron chi connectivity index (χ1n) is 9.80. The topological polar surface area (TPSA) is 53.0 Å². The molecule has 1 spiro atoms. The highest BCUT2D eigenvalue weighted by molar-refractivity contribution is 5.86. The number of likely N-dealkylation sites (tertiary alicyclic amines) is 1. The number of nitrogens with zero attached hydrogens (tertiary/aromatic N) is 2. The monoisotopic (exact) mass is 432 g/mol. The van der Waals surface area contributed by atoms with E-state index in [2.05, 4.69) is 6.08 Å². The van der Waals surface area contributed by atoms with Gasteiger partial charge in [-0.1, -0.05) is 24.3 Å². The van der Waals surface area contributed by atoms with Gasteiger partial charge in [0.2, 0.25) is 0 Å². The maximum atomic E-state index is 14.7. The van der Waals surface area contributed by atoms with Gasteiger partial charge in [-0.25, -0.2) is 4.39 Å². The van der Waals surface area contributed by atoms with Crippen LogP contribution in [-0.2, 0) is 4.79 Å². The molecule has 0 atom stereocenters. The summed E-state index contributed by atoms with van der Waals surface area (Å²) in [5, 5.41) is 9.05. The van der Waals surface area contributed by atoms with E-state index in [4.69, 9.17) is 9.84 Å². The van der Waals surface area contributed by atoms with Crippen LogP contribution in [0.1, 0.15) is 24.0 Å². The minimum Gasteiger partial charge on any atom is -0.482 e. The summed E-state index contributed by atoms with van der Waals surface area (Å²) >= 11 is 0. The number of para-hydroxylation sites is 1.